The first-order chi connectivity index (χ1) is 8.08. The third-order valence-electron chi connectivity index (χ3n) is 2.54. The Labute approximate surface area is 108 Å². The average molecular weight is 300 g/mol. The van der Waals surface area contributed by atoms with Crippen molar-refractivity contribution in [2.75, 3.05) is 6.54 Å². The molecule has 0 spiro atoms. The number of rotatable bonds is 4. The molecule has 2 rings (SSSR count). The summed E-state index contributed by atoms with van der Waals surface area (Å²) in [6.45, 7) is 5.93. The molecule has 0 amide bonds. The van der Waals surface area contributed by atoms with Gasteiger partial charge in [0.15, 0.2) is 0 Å². The lowest BCUT2D eigenvalue weighted by atomic mass is 10.1. The van der Waals surface area contributed by atoms with Gasteiger partial charge in [-0.1, -0.05) is 13.8 Å². The van der Waals surface area contributed by atoms with Gasteiger partial charge in [-0.2, -0.15) is 0 Å². The molecule has 0 aliphatic heterocycles. The summed E-state index contributed by atoms with van der Waals surface area (Å²) in [7, 11) is 0. The molecule has 0 bridgehead atoms. The molecule has 0 fully saturated rings. The Morgan fingerprint density at radius 3 is 2.88 bits per heavy atom. The maximum absolute atomic E-state index is 13.3. The van der Waals surface area contributed by atoms with Crippen LogP contribution in [0.5, 0.6) is 0 Å². The van der Waals surface area contributed by atoms with Crippen LogP contribution in [0.2, 0.25) is 0 Å². The first kappa shape index (κ1) is 12.6. The van der Waals surface area contributed by atoms with Crippen LogP contribution in [-0.2, 0) is 6.54 Å². The Kier molecular flexibility index (Phi) is 3.84. The van der Waals surface area contributed by atoms with Crippen molar-refractivity contribution in [1.82, 2.24) is 5.32 Å². The van der Waals surface area contributed by atoms with E-state index in [1.165, 1.54) is 12.1 Å². The van der Waals surface area contributed by atoms with E-state index in [9.17, 15) is 4.39 Å². The highest BCUT2D eigenvalue weighted by atomic mass is 79.9. The van der Waals surface area contributed by atoms with Crippen molar-refractivity contribution >= 4 is 26.9 Å². The zero-order valence-corrected chi connectivity index (χ0v) is 11.5. The molecule has 2 aromatic rings. The molecule has 0 atom stereocenters. The van der Waals surface area contributed by atoms with Crippen molar-refractivity contribution in [1.29, 1.82) is 0 Å². The second kappa shape index (κ2) is 5.19. The molecular formula is C13H15BrFNO. The van der Waals surface area contributed by atoms with E-state index in [-0.39, 0.29) is 5.82 Å². The summed E-state index contributed by atoms with van der Waals surface area (Å²) in [5.74, 6) is 0.340. The fourth-order valence-electron chi connectivity index (χ4n) is 1.74. The number of furan rings is 1. The summed E-state index contributed by atoms with van der Waals surface area (Å²) in [5, 5.41) is 4.15. The summed E-state index contributed by atoms with van der Waals surface area (Å²) in [5.41, 5.74) is 1.69. The zero-order valence-electron chi connectivity index (χ0n) is 9.89. The second-order valence-corrected chi connectivity index (χ2v) is 5.40. The van der Waals surface area contributed by atoms with E-state index in [0.717, 1.165) is 17.5 Å². The van der Waals surface area contributed by atoms with E-state index in [0.29, 0.717) is 22.5 Å². The zero-order chi connectivity index (χ0) is 12.4. The number of nitrogens with one attached hydrogen (secondary N) is 1. The lowest BCUT2D eigenvalue weighted by Gasteiger charge is -2.05. The van der Waals surface area contributed by atoms with Gasteiger partial charge >= 0.3 is 0 Å². The van der Waals surface area contributed by atoms with Crippen molar-refractivity contribution in [3.8, 4) is 0 Å². The van der Waals surface area contributed by atoms with Crippen LogP contribution < -0.4 is 5.32 Å². The summed E-state index contributed by atoms with van der Waals surface area (Å²) in [6, 6.07) is 2.92. The largest absolute Gasteiger partial charge is 0.463 e. The Bertz CT molecular complexity index is 521. The molecule has 1 N–H and O–H groups in total. The van der Waals surface area contributed by atoms with E-state index in [2.05, 4.69) is 35.1 Å². The maximum atomic E-state index is 13.3. The molecular weight excluding hydrogens is 285 g/mol. The molecule has 0 radical (unpaired) electrons. The Morgan fingerprint density at radius 2 is 2.18 bits per heavy atom. The van der Waals surface area contributed by atoms with Gasteiger partial charge in [0.1, 0.15) is 11.4 Å². The van der Waals surface area contributed by atoms with Gasteiger partial charge in [-0.3, -0.25) is 0 Å². The molecule has 1 heterocycles. The molecule has 0 aliphatic rings. The van der Waals surface area contributed by atoms with Gasteiger partial charge in [0, 0.05) is 17.5 Å². The van der Waals surface area contributed by atoms with E-state index in [1.807, 2.05) is 0 Å². The van der Waals surface area contributed by atoms with Gasteiger partial charge in [0.25, 0.3) is 0 Å². The predicted molar refractivity (Wildman–Crippen MR) is 70.4 cm³/mol. The molecule has 1 aromatic carbocycles. The first-order valence-corrected chi connectivity index (χ1v) is 6.43. The SMILES string of the molecule is CC(C)CNCc1coc2c(Br)cc(F)cc12. The standard InChI is InChI=1S/C13H15BrFNO/c1-8(2)5-16-6-9-7-17-13-11(9)3-10(15)4-12(13)14/h3-4,7-8,16H,5-6H2,1-2H3. The van der Waals surface area contributed by atoms with Crippen LogP contribution in [0.3, 0.4) is 0 Å². The average Bonchev–Trinajstić information content (AvgIpc) is 2.61. The van der Waals surface area contributed by atoms with Crippen molar-refractivity contribution in [2.24, 2.45) is 5.92 Å². The minimum Gasteiger partial charge on any atom is -0.463 e. The highest BCUT2D eigenvalue weighted by molar-refractivity contribution is 9.10. The van der Waals surface area contributed by atoms with Gasteiger partial charge in [0.2, 0.25) is 0 Å². The van der Waals surface area contributed by atoms with Crippen LogP contribution >= 0.6 is 15.9 Å². The molecule has 0 unspecified atom stereocenters. The van der Waals surface area contributed by atoms with Crippen LogP contribution in [0, 0.1) is 11.7 Å². The van der Waals surface area contributed by atoms with Gasteiger partial charge in [-0.15, -0.1) is 0 Å². The van der Waals surface area contributed by atoms with E-state index >= 15 is 0 Å². The third kappa shape index (κ3) is 2.87. The quantitative estimate of drug-likeness (QED) is 0.920. The second-order valence-electron chi connectivity index (χ2n) is 4.55. The third-order valence-corrected chi connectivity index (χ3v) is 3.13. The molecule has 0 aliphatic carbocycles. The minimum absolute atomic E-state index is 0.254. The van der Waals surface area contributed by atoms with Gasteiger partial charge < -0.3 is 9.73 Å². The van der Waals surface area contributed by atoms with E-state index < -0.39 is 0 Å². The fourth-order valence-corrected chi connectivity index (χ4v) is 2.27. The molecule has 17 heavy (non-hydrogen) atoms. The van der Waals surface area contributed by atoms with Crippen LogP contribution in [-0.4, -0.2) is 6.54 Å². The Balaban J connectivity index is 2.23. The van der Waals surface area contributed by atoms with E-state index in [4.69, 9.17) is 4.42 Å². The summed E-state index contributed by atoms with van der Waals surface area (Å²) in [6.07, 6.45) is 1.68. The molecule has 0 saturated carbocycles. The topological polar surface area (TPSA) is 25.2 Å². The van der Waals surface area contributed by atoms with Gasteiger partial charge in [0.05, 0.1) is 10.7 Å². The predicted octanol–water partition coefficient (Wildman–Crippen LogP) is 4.08. The van der Waals surface area contributed by atoms with Gasteiger partial charge in [-0.25, -0.2) is 4.39 Å². The van der Waals surface area contributed by atoms with Crippen molar-refractivity contribution in [3.05, 3.63) is 34.2 Å². The highest BCUT2D eigenvalue weighted by Crippen LogP contribution is 2.29. The van der Waals surface area contributed by atoms with Crippen LogP contribution in [0.15, 0.2) is 27.3 Å². The monoisotopic (exact) mass is 299 g/mol. The number of halogens is 2. The minimum atomic E-state index is -0.254. The van der Waals surface area contributed by atoms with Crippen LogP contribution in [0.1, 0.15) is 19.4 Å². The molecule has 4 heteroatoms. The molecule has 1 aromatic heterocycles. The van der Waals surface area contributed by atoms with Crippen molar-refractivity contribution in [2.45, 2.75) is 20.4 Å². The molecule has 2 nitrogen and oxygen atoms in total. The van der Waals surface area contributed by atoms with Crippen LogP contribution in [0.4, 0.5) is 4.39 Å². The lowest BCUT2D eigenvalue weighted by Crippen LogP contribution is -2.18. The number of fused-ring (bicyclic) bond motifs is 1. The first-order valence-electron chi connectivity index (χ1n) is 5.63. The molecule has 92 valence electrons. The number of hydrogen-bond acceptors (Lipinski definition) is 2. The normalized spacial score (nSPS) is 11.6. The van der Waals surface area contributed by atoms with Crippen molar-refractivity contribution in [3.63, 3.8) is 0 Å². The maximum Gasteiger partial charge on any atom is 0.148 e. The fraction of sp³-hybridized carbons (Fsp3) is 0.385. The summed E-state index contributed by atoms with van der Waals surface area (Å²) < 4.78 is 19.4. The number of benzene rings is 1. The van der Waals surface area contributed by atoms with Crippen LogP contribution in [0.25, 0.3) is 11.0 Å². The molecule has 0 saturated heterocycles. The highest BCUT2D eigenvalue weighted by Gasteiger charge is 2.10. The smallest absolute Gasteiger partial charge is 0.148 e. The van der Waals surface area contributed by atoms with E-state index in [1.54, 1.807) is 6.26 Å². The summed E-state index contributed by atoms with van der Waals surface area (Å²) in [4.78, 5) is 0. The Morgan fingerprint density at radius 1 is 1.41 bits per heavy atom. The van der Waals surface area contributed by atoms with Gasteiger partial charge in [-0.05, 0) is 40.5 Å². The number of hydrogen-bond donors (Lipinski definition) is 1. The van der Waals surface area contributed by atoms with Crippen molar-refractivity contribution < 1.29 is 8.81 Å². The Hall–Kier alpha value is -0.870. The summed E-state index contributed by atoms with van der Waals surface area (Å²) >= 11 is 3.30. The lowest BCUT2D eigenvalue weighted by molar-refractivity contribution is 0.546.